The van der Waals surface area contributed by atoms with Gasteiger partial charge in [0.25, 0.3) is 0 Å². The molecule has 1 aromatic heterocycles. The number of hydrogen-bond acceptors (Lipinski definition) is 5. The Kier molecular flexibility index (Phi) is 6.42. The summed E-state index contributed by atoms with van der Waals surface area (Å²) < 4.78 is 11.5. The average molecular weight is 389 g/mol. The summed E-state index contributed by atoms with van der Waals surface area (Å²) in [5, 5.41) is 2.95. The first-order chi connectivity index (χ1) is 13.3. The van der Waals surface area contributed by atoms with Crippen LogP contribution in [-0.2, 0) is 16.1 Å². The number of carbonyl (C=O) groups excluding carboxylic acids is 2. The van der Waals surface area contributed by atoms with Gasteiger partial charge in [-0.05, 0) is 65.4 Å². The fourth-order valence-electron chi connectivity index (χ4n) is 3.71. The quantitative estimate of drug-likeness (QED) is 0.835. The van der Waals surface area contributed by atoms with E-state index in [2.05, 4.69) is 10.3 Å². The van der Waals surface area contributed by atoms with Gasteiger partial charge in [0.2, 0.25) is 11.8 Å². The van der Waals surface area contributed by atoms with Gasteiger partial charge in [-0.15, -0.1) is 0 Å². The Morgan fingerprint density at radius 2 is 1.96 bits per heavy atom. The van der Waals surface area contributed by atoms with Crippen molar-refractivity contribution in [1.82, 2.24) is 15.2 Å². The van der Waals surface area contributed by atoms with E-state index in [1.165, 1.54) is 17.7 Å². The third-order valence-corrected chi connectivity index (χ3v) is 5.07. The molecule has 0 aromatic carbocycles. The topological polar surface area (TPSA) is 80.8 Å². The third kappa shape index (κ3) is 5.36. The van der Waals surface area contributed by atoms with Crippen molar-refractivity contribution in [3.8, 4) is 5.88 Å². The van der Waals surface area contributed by atoms with Crippen LogP contribution in [0.15, 0.2) is 18.3 Å². The molecule has 3 rings (SSSR count). The van der Waals surface area contributed by atoms with Gasteiger partial charge in [0.05, 0.1) is 0 Å². The van der Waals surface area contributed by atoms with E-state index in [1.807, 2.05) is 32.9 Å². The zero-order chi connectivity index (χ0) is 20.1. The minimum absolute atomic E-state index is 0.168. The molecule has 1 atom stereocenters. The Morgan fingerprint density at radius 1 is 1.21 bits per heavy atom. The standard InChI is InChI=1S/C21H31N3O4/c1-21(2,3)28-20(26)24-13-7-11-17(24)18(25)23-14-15-8-6-12-22-19(15)27-16-9-4-5-10-16/h6,8,12,16-17H,4-5,7,9-11,13-14H2,1-3H3,(H,23,25)/t17-/m1/s1. The van der Waals surface area contributed by atoms with Gasteiger partial charge in [-0.2, -0.15) is 0 Å². The molecule has 0 spiro atoms. The molecule has 28 heavy (non-hydrogen) atoms. The van der Waals surface area contributed by atoms with Crippen LogP contribution in [0.2, 0.25) is 0 Å². The third-order valence-electron chi connectivity index (χ3n) is 5.07. The summed E-state index contributed by atoms with van der Waals surface area (Å²) in [6.07, 6.45) is 7.39. The first-order valence-corrected chi connectivity index (χ1v) is 10.2. The second-order valence-electron chi connectivity index (χ2n) is 8.54. The number of hydrogen-bond donors (Lipinski definition) is 1. The SMILES string of the molecule is CC(C)(C)OC(=O)N1CCC[C@@H]1C(=O)NCc1cccnc1OC1CCCC1. The maximum absolute atomic E-state index is 12.7. The molecule has 7 nitrogen and oxygen atoms in total. The van der Waals surface area contributed by atoms with Crippen LogP contribution in [0.5, 0.6) is 5.88 Å². The Bertz CT molecular complexity index is 695. The lowest BCUT2D eigenvalue weighted by Crippen LogP contribution is -2.47. The van der Waals surface area contributed by atoms with Crippen molar-refractivity contribution in [2.45, 2.75) is 83.6 Å². The molecule has 1 saturated heterocycles. The minimum atomic E-state index is -0.580. The molecule has 1 saturated carbocycles. The smallest absolute Gasteiger partial charge is 0.410 e. The van der Waals surface area contributed by atoms with Gasteiger partial charge in [0.15, 0.2) is 0 Å². The second kappa shape index (κ2) is 8.80. The van der Waals surface area contributed by atoms with Crippen LogP contribution in [0.1, 0.15) is 64.9 Å². The van der Waals surface area contributed by atoms with Crippen LogP contribution in [0, 0.1) is 0 Å². The fraction of sp³-hybridized carbons (Fsp3) is 0.667. The van der Waals surface area contributed by atoms with Gasteiger partial charge < -0.3 is 14.8 Å². The molecule has 2 aliphatic rings. The highest BCUT2D eigenvalue weighted by molar-refractivity contribution is 5.86. The predicted octanol–water partition coefficient (Wildman–Crippen LogP) is 3.42. The lowest BCUT2D eigenvalue weighted by molar-refractivity contribution is -0.125. The molecule has 1 aromatic rings. The van der Waals surface area contributed by atoms with Gasteiger partial charge in [-0.3, -0.25) is 9.69 Å². The number of rotatable bonds is 5. The molecule has 7 heteroatoms. The molecule has 0 radical (unpaired) electrons. The molecular weight excluding hydrogens is 358 g/mol. The van der Waals surface area contributed by atoms with Crippen LogP contribution in [0.25, 0.3) is 0 Å². The van der Waals surface area contributed by atoms with Crippen molar-refractivity contribution in [2.24, 2.45) is 0 Å². The first kappa shape index (κ1) is 20.4. The van der Waals surface area contributed by atoms with Crippen molar-refractivity contribution in [3.05, 3.63) is 23.9 Å². The Hall–Kier alpha value is -2.31. The molecule has 1 aliphatic heterocycles. The maximum atomic E-state index is 12.7. The number of aromatic nitrogens is 1. The molecule has 1 aliphatic carbocycles. The Balaban J connectivity index is 1.58. The number of ether oxygens (including phenoxy) is 2. The van der Waals surface area contributed by atoms with Crippen molar-refractivity contribution < 1.29 is 19.1 Å². The van der Waals surface area contributed by atoms with E-state index >= 15 is 0 Å². The molecule has 1 N–H and O–H groups in total. The van der Waals surface area contributed by atoms with Crippen LogP contribution in [0.4, 0.5) is 4.79 Å². The second-order valence-corrected chi connectivity index (χ2v) is 8.54. The zero-order valence-corrected chi connectivity index (χ0v) is 17.1. The van der Waals surface area contributed by atoms with Gasteiger partial charge in [0.1, 0.15) is 17.7 Å². The van der Waals surface area contributed by atoms with E-state index in [1.54, 1.807) is 6.20 Å². The van der Waals surface area contributed by atoms with Crippen LogP contribution in [-0.4, -0.2) is 46.2 Å². The van der Waals surface area contributed by atoms with E-state index in [-0.39, 0.29) is 12.0 Å². The summed E-state index contributed by atoms with van der Waals surface area (Å²) >= 11 is 0. The lowest BCUT2D eigenvalue weighted by Gasteiger charge is -2.28. The summed E-state index contributed by atoms with van der Waals surface area (Å²) in [5.74, 6) is 0.421. The van der Waals surface area contributed by atoms with Crippen LogP contribution >= 0.6 is 0 Å². The van der Waals surface area contributed by atoms with Crippen LogP contribution < -0.4 is 10.1 Å². The molecule has 2 fully saturated rings. The highest BCUT2D eigenvalue weighted by Crippen LogP contribution is 2.25. The Labute approximate surface area is 166 Å². The van der Waals surface area contributed by atoms with E-state index in [4.69, 9.17) is 9.47 Å². The van der Waals surface area contributed by atoms with E-state index in [0.717, 1.165) is 24.8 Å². The highest BCUT2D eigenvalue weighted by Gasteiger charge is 2.36. The number of carbonyl (C=O) groups is 2. The molecule has 0 unspecified atom stereocenters. The van der Waals surface area contributed by atoms with Gasteiger partial charge in [-0.25, -0.2) is 9.78 Å². The van der Waals surface area contributed by atoms with Crippen LogP contribution in [0.3, 0.4) is 0 Å². The summed E-state index contributed by atoms with van der Waals surface area (Å²) in [5.41, 5.74) is 0.271. The van der Waals surface area contributed by atoms with Gasteiger partial charge in [-0.1, -0.05) is 6.07 Å². The normalized spacial score (nSPS) is 20.2. The number of likely N-dealkylation sites (tertiary alicyclic amines) is 1. The molecule has 2 amide bonds. The van der Waals surface area contributed by atoms with E-state index in [9.17, 15) is 9.59 Å². The summed E-state index contributed by atoms with van der Waals surface area (Å²) in [7, 11) is 0. The monoisotopic (exact) mass is 389 g/mol. The van der Waals surface area contributed by atoms with Crippen molar-refractivity contribution in [3.63, 3.8) is 0 Å². The zero-order valence-electron chi connectivity index (χ0n) is 17.1. The van der Waals surface area contributed by atoms with Crippen molar-refractivity contribution in [1.29, 1.82) is 0 Å². The number of amides is 2. The number of nitrogens with one attached hydrogen (secondary N) is 1. The van der Waals surface area contributed by atoms with Crippen molar-refractivity contribution in [2.75, 3.05) is 6.54 Å². The predicted molar refractivity (Wildman–Crippen MR) is 105 cm³/mol. The first-order valence-electron chi connectivity index (χ1n) is 10.2. The van der Waals surface area contributed by atoms with E-state index < -0.39 is 17.7 Å². The van der Waals surface area contributed by atoms with Gasteiger partial charge >= 0.3 is 6.09 Å². The molecule has 2 heterocycles. The maximum Gasteiger partial charge on any atom is 0.410 e. The fourth-order valence-corrected chi connectivity index (χ4v) is 3.71. The molecule has 154 valence electrons. The number of nitrogens with zero attached hydrogens (tertiary/aromatic N) is 2. The summed E-state index contributed by atoms with van der Waals surface area (Å²) in [4.78, 5) is 31.0. The number of pyridine rings is 1. The lowest BCUT2D eigenvalue weighted by atomic mass is 10.2. The summed E-state index contributed by atoms with van der Waals surface area (Å²) in [6, 6.07) is 3.26. The molecule has 0 bridgehead atoms. The van der Waals surface area contributed by atoms with Gasteiger partial charge in [0, 0.05) is 24.8 Å². The minimum Gasteiger partial charge on any atom is -0.474 e. The largest absolute Gasteiger partial charge is 0.474 e. The Morgan fingerprint density at radius 3 is 2.68 bits per heavy atom. The molecular formula is C21H31N3O4. The average Bonchev–Trinajstić information content (AvgIpc) is 3.31. The van der Waals surface area contributed by atoms with Crippen molar-refractivity contribution >= 4 is 12.0 Å². The van der Waals surface area contributed by atoms with E-state index in [0.29, 0.717) is 25.4 Å². The summed E-state index contributed by atoms with van der Waals surface area (Å²) in [6.45, 7) is 6.34. The highest BCUT2D eigenvalue weighted by atomic mass is 16.6.